The Balaban J connectivity index is 3.86. The van der Waals surface area contributed by atoms with E-state index in [9.17, 15) is 0 Å². The minimum absolute atomic E-state index is 0.686. The van der Waals surface area contributed by atoms with Gasteiger partial charge in [0.15, 0.2) is 0 Å². The zero-order chi connectivity index (χ0) is 8.69. The highest BCUT2D eigenvalue weighted by molar-refractivity contribution is 5.03. The lowest BCUT2D eigenvalue weighted by atomic mass is 9.93. The molecule has 1 nitrogen and oxygen atoms in total. The molecule has 0 aliphatic carbocycles. The molecule has 1 unspecified atom stereocenters. The van der Waals surface area contributed by atoms with Gasteiger partial charge in [-0.2, -0.15) is 0 Å². The molecule has 0 aromatic carbocycles. The largest absolute Gasteiger partial charge is 0.405 e. The Kier molecular flexibility index (Phi) is 5.63. The SMILES string of the molecule is CCC(/C=C/C=C\N)C(C)C. The maximum Gasteiger partial charge on any atom is -0.00625 e. The molecule has 1 heteroatoms. The molecule has 0 heterocycles. The van der Waals surface area contributed by atoms with Crippen molar-refractivity contribution in [3.8, 4) is 0 Å². The molecular formula is C10H19N. The van der Waals surface area contributed by atoms with Crippen molar-refractivity contribution in [2.45, 2.75) is 27.2 Å². The van der Waals surface area contributed by atoms with Gasteiger partial charge >= 0.3 is 0 Å². The second-order valence-electron chi connectivity index (χ2n) is 3.09. The van der Waals surface area contributed by atoms with Crippen LogP contribution in [0.5, 0.6) is 0 Å². The van der Waals surface area contributed by atoms with Gasteiger partial charge in [-0.25, -0.2) is 0 Å². The predicted molar refractivity (Wildman–Crippen MR) is 51.1 cm³/mol. The van der Waals surface area contributed by atoms with Gasteiger partial charge in [-0.3, -0.25) is 0 Å². The first kappa shape index (κ1) is 10.3. The lowest BCUT2D eigenvalue weighted by Crippen LogP contribution is -2.02. The van der Waals surface area contributed by atoms with E-state index in [0.717, 1.165) is 5.92 Å². The zero-order valence-corrected chi connectivity index (χ0v) is 7.75. The third-order valence-corrected chi connectivity index (χ3v) is 1.91. The summed E-state index contributed by atoms with van der Waals surface area (Å²) < 4.78 is 0. The molecular weight excluding hydrogens is 134 g/mol. The van der Waals surface area contributed by atoms with E-state index in [1.54, 1.807) is 6.20 Å². The van der Waals surface area contributed by atoms with Crippen molar-refractivity contribution in [2.75, 3.05) is 0 Å². The molecule has 2 N–H and O–H groups in total. The fourth-order valence-corrected chi connectivity index (χ4v) is 1.10. The Bertz CT molecular complexity index is 134. The fourth-order valence-electron chi connectivity index (χ4n) is 1.10. The van der Waals surface area contributed by atoms with Crippen LogP contribution in [-0.4, -0.2) is 0 Å². The van der Waals surface area contributed by atoms with Crippen molar-refractivity contribution in [3.63, 3.8) is 0 Å². The van der Waals surface area contributed by atoms with Crippen LogP contribution >= 0.6 is 0 Å². The van der Waals surface area contributed by atoms with Crippen LogP contribution in [0.15, 0.2) is 24.4 Å². The second-order valence-corrected chi connectivity index (χ2v) is 3.09. The van der Waals surface area contributed by atoms with Gasteiger partial charge in [0.2, 0.25) is 0 Å². The van der Waals surface area contributed by atoms with Crippen molar-refractivity contribution in [2.24, 2.45) is 17.6 Å². The van der Waals surface area contributed by atoms with E-state index >= 15 is 0 Å². The van der Waals surface area contributed by atoms with Crippen LogP contribution in [0.25, 0.3) is 0 Å². The lowest BCUT2D eigenvalue weighted by molar-refractivity contribution is 0.453. The zero-order valence-electron chi connectivity index (χ0n) is 7.75. The Morgan fingerprint density at radius 3 is 2.27 bits per heavy atom. The first-order valence-corrected chi connectivity index (χ1v) is 4.27. The number of allylic oxidation sites excluding steroid dienone is 3. The van der Waals surface area contributed by atoms with Gasteiger partial charge in [-0.1, -0.05) is 32.9 Å². The Morgan fingerprint density at radius 2 is 1.91 bits per heavy atom. The van der Waals surface area contributed by atoms with E-state index in [2.05, 4.69) is 26.8 Å². The normalized spacial score (nSPS) is 15.3. The highest BCUT2D eigenvalue weighted by atomic mass is 14.5. The Labute approximate surface area is 70.0 Å². The molecule has 0 bridgehead atoms. The third-order valence-electron chi connectivity index (χ3n) is 1.91. The Morgan fingerprint density at radius 1 is 1.27 bits per heavy atom. The molecule has 0 saturated carbocycles. The van der Waals surface area contributed by atoms with Crippen LogP contribution in [0.1, 0.15) is 27.2 Å². The van der Waals surface area contributed by atoms with E-state index in [1.807, 2.05) is 12.2 Å². The van der Waals surface area contributed by atoms with Crippen LogP contribution in [0.3, 0.4) is 0 Å². The van der Waals surface area contributed by atoms with E-state index in [0.29, 0.717) is 5.92 Å². The lowest BCUT2D eigenvalue weighted by Gasteiger charge is -2.13. The maximum absolute atomic E-state index is 5.20. The predicted octanol–water partition coefficient (Wildman–Crippen LogP) is 2.70. The number of hydrogen-bond acceptors (Lipinski definition) is 1. The minimum Gasteiger partial charge on any atom is -0.405 e. The van der Waals surface area contributed by atoms with Crippen LogP contribution < -0.4 is 5.73 Å². The van der Waals surface area contributed by atoms with Gasteiger partial charge in [-0.05, 0) is 30.5 Å². The summed E-state index contributed by atoms with van der Waals surface area (Å²) in [4.78, 5) is 0. The van der Waals surface area contributed by atoms with E-state index in [1.165, 1.54) is 6.42 Å². The number of rotatable bonds is 4. The average molecular weight is 153 g/mol. The first-order chi connectivity index (χ1) is 5.22. The molecule has 1 atom stereocenters. The van der Waals surface area contributed by atoms with Crippen LogP contribution in [0.4, 0.5) is 0 Å². The van der Waals surface area contributed by atoms with Crippen LogP contribution in [0.2, 0.25) is 0 Å². The molecule has 0 aliphatic rings. The van der Waals surface area contributed by atoms with Crippen LogP contribution in [-0.2, 0) is 0 Å². The van der Waals surface area contributed by atoms with E-state index < -0.39 is 0 Å². The van der Waals surface area contributed by atoms with Crippen molar-refractivity contribution in [1.29, 1.82) is 0 Å². The molecule has 0 rings (SSSR count). The van der Waals surface area contributed by atoms with E-state index in [-0.39, 0.29) is 0 Å². The number of hydrogen-bond donors (Lipinski definition) is 1. The molecule has 0 radical (unpaired) electrons. The molecule has 64 valence electrons. The average Bonchev–Trinajstić information content (AvgIpc) is 1.97. The summed E-state index contributed by atoms with van der Waals surface area (Å²) in [5, 5.41) is 0. The van der Waals surface area contributed by atoms with Crippen molar-refractivity contribution in [1.82, 2.24) is 0 Å². The van der Waals surface area contributed by atoms with Crippen molar-refractivity contribution >= 4 is 0 Å². The van der Waals surface area contributed by atoms with Crippen molar-refractivity contribution in [3.05, 3.63) is 24.4 Å². The molecule has 0 saturated heterocycles. The summed E-state index contributed by atoms with van der Waals surface area (Å²) in [6.07, 6.45) is 8.86. The van der Waals surface area contributed by atoms with Gasteiger partial charge in [0.1, 0.15) is 0 Å². The van der Waals surface area contributed by atoms with Gasteiger partial charge in [0.25, 0.3) is 0 Å². The number of nitrogens with two attached hydrogens (primary N) is 1. The summed E-state index contributed by atoms with van der Waals surface area (Å²) in [5.41, 5.74) is 5.20. The summed E-state index contributed by atoms with van der Waals surface area (Å²) in [6, 6.07) is 0. The molecule has 0 spiro atoms. The van der Waals surface area contributed by atoms with Gasteiger partial charge in [0, 0.05) is 0 Å². The smallest absolute Gasteiger partial charge is 0.00625 e. The van der Waals surface area contributed by atoms with E-state index in [4.69, 9.17) is 5.73 Å². The van der Waals surface area contributed by atoms with Gasteiger partial charge in [0.05, 0.1) is 0 Å². The first-order valence-electron chi connectivity index (χ1n) is 4.27. The standard InChI is InChI=1S/C10H19N/c1-4-10(9(2)3)7-5-6-8-11/h5-10H,4,11H2,1-3H3/b7-5+,8-6-. The third kappa shape index (κ3) is 4.65. The van der Waals surface area contributed by atoms with Gasteiger partial charge in [-0.15, -0.1) is 0 Å². The van der Waals surface area contributed by atoms with Gasteiger partial charge < -0.3 is 5.73 Å². The van der Waals surface area contributed by atoms with Crippen molar-refractivity contribution < 1.29 is 0 Å². The minimum atomic E-state index is 0.686. The fraction of sp³-hybridized carbons (Fsp3) is 0.600. The second kappa shape index (κ2) is 6.02. The Hall–Kier alpha value is -0.720. The highest BCUT2D eigenvalue weighted by Crippen LogP contribution is 2.15. The summed E-state index contributed by atoms with van der Waals surface area (Å²) >= 11 is 0. The molecule has 0 aromatic rings. The maximum atomic E-state index is 5.20. The molecule has 0 aliphatic heterocycles. The highest BCUT2D eigenvalue weighted by Gasteiger charge is 2.04. The molecule has 11 heavy (non-hydrogen) atoms. The topological polar surface area (TPSA) is 26.0 Å². The summed E-state index contributed by atoms with van der Waals surface area (Å²) in [5.74, 6) is 1.41. The summed E-state index contributed by atoms with van der Waals surface area (Å²) in [6.45, 7) is 6.69. The quantitative estimate of drug-likeness (QED) is 0.617. The summed E-state index contributed by atoms with van der Waals surface area (Å²) in [7, 11) is 0. The molecule has 0 amide bonds. The monoisotopic (exact) mass is 153 g/mol. The van der Waals surface area contributed by atoms with Crippen LogP contribution in [0, 0.1) is 11.8 Å². The molecule has 0 fully saturated rings. The molecule has 0 aromatic heterocycles.